The first-order valence-electron chi connectivity index (χ1n) is 6.99. The van der Waals surface area contributed by atoms with Crippen LogP contribution in [0.5, 0.6) is 5.75 Å². The van der Waals surface area contributed by atoms with E-state index >= 15 is 0 Å². The fourth-order valence-electron chi connectivity index (χ4n) is 2.28. The molecule has 4 nitrogen and oxygen atoms in total. The van der Waals surface area contributed by atoms with E-state index < -0.39 is 0 Å². The van der Waals surface area contributed by atoms with Gasteiger partial charge in [0, 0.05) is 10.9 Å². The van der Waals surface area contributed by atoms with Gasteiger partial charge in [-0.25, -0.2) is 4.39 Å². The highest BCUT2D eigenvalue weighted by Crippen LogP contribution is 2.25. The van der Waals surface area contributed by atoms with Crippen molar-refractivity contribution in [2.75, 3.05) is 11.9 Å². The Kier molecular flexibility index (Phi) is 3.78. The Morgan fingerprint density at radius 2 is 2.05 bits per heavy atom. The standard InChI is InChI=1S/C17H15FN2O2/c1-2-22-16-9-4-3-7-14(16)20-17(21)15-10-11-12(18)6-5-8-13(11)19-15/h3-10,19H,2H2,1H3,(H,20,21). The lowest BCUT2D eigenvalue weighted by Gasteiger charge is -2.10. The number of H-pyrrole nitrogens is 1. The van der Waals surface area contributed by atoms with Crippen LogP contribution in [0, 0.1) is 5.82 Å². The number of hydrogen-bond donors (Lipinski definition) is 2. The molecule has 1 aromatic heterocycles. The number of nitrogens with one attached hydrogen (secondary N) is 2. The number of para-hydroxylation sites is 2. The minimum absolute atomic E-state index is 0.298. The Morgan fingerprint density at radius 3 is 2.82 bits per heavy atom. The van der Waals surface area contributed by atoms with E-state index in [9.17, 15) is 9.18 Å². The number of ether oxygens (including phenoxy) is 1. The van der Waals surface area contributed by atoms with Crippen molar-refractivity contribution in [3.8, 4) is 5.75 Å². The van der Waals surface area contributed by atoms with Gasteiger partial charge in [-0.2, -0.15) is 0 Å². The molecule has 1 amide bonds. The number of rotatable bonds is 4. The Hall–Kier alpha value is -2.82. The molecule has 0 aliphatic carbocycles. The van der Waals surface area contributed by atoms with Crippen LogP contribution in [0.15, 0.2) is 48.5 Å². The van der Waals surface area contributed by atoms with Gasteiger partial charge in [0.2, 0.25) is 0 Å². The molecule has 5 heteroatoms. The minimum atomic E-state index is -0.359. The zero-order valence-corrected chi connectivity index (χ0v) is 12.0. The van der Waals surface area contributed by atoms with Crippen LogP contribution in [-0.2, 0) is 0 Å². The molecule has 3 rings (SSSR count). The van der Waals surface area contributed by atoms with Crippen molar-refractivity contribution in [1.29, 1.82) is 0 Å². The van der Waals surface area contributed by atoms with Gasteiger partial charge in [-0.1, -0.05) is 18.2 Å². The van der Waals surface area contributed by atoms with Crippen molar-refractivity contribution in [3.05, 3.63) is 60.0 Å². The first kappa shape index (κ1) is 14.1. The number of aromatic amines is 1. The van der Waals surface area contributed by atoms with Crippen LogP contribution >= 0.6 is 0 Å². The molecule has 22 heavy (non-hydrogen) atoms. The predicted molar refractivity (Wildman–Crippen MR) is 83.8 cm³/mol. The summed E-state index contributed by atoms with van der Waals surface area (Å²) < 4.78 is 19.1. The Morgan fingerprint density at radius 1 is 1.23 bits per heavy atom. The Bertz CT molecular complexity index is 826. The third-order valence-corrected chi connectivity index (χ3v) is 3.29. The maximum atomic E-state index is 13.7. The molecule has 2 aromatic carbocycles. The van der Waals surface area contributed by atoms with Gasteiger partial charge in [0.1, 0.15) is 17.3 Å². The first-order valence-corrected chi connectivity index (χ1v) is 6.99. The summed E-state index contributed by atoms with van der Waals surface area (Å²) in [7, 11) is 0. The quantitative estimate of drug-likeness (QED) is 0.766. The van der Waals surface area contributed by atoms with Crippen LogP contribution in [0.3, 0.4) is 0 Å². The molecule has 1 heterocycles. The summed E-state index contributed by atoms with van der Waals surface area (Å²) in [5, 5.41) is 3.17. The van der Waals surface area contributed by atoms with Crippen LogP contribution in [0.1, 0.15) is 17.4 Å². The smallest absolute Gasteiger partial charge is 0.272 e. The molecular formula is C17H15FN2O2. The molecule has 0 unspecified atom stereocenters. The summed E-state index contributed by atoms with van der Waals surface area (Å²) in [4.78, 5) is 15.2. The van der Waals surface area contributed by atoms with Crippen LogP contribution in [0.2, 0.25) is 0 Å². The number of amides is 1. The highest BCUT2D eigenvalue weighted by Gasteiger charge is 2.13. The lowest BCUT2D eigenvalue weighted by Crippen LogP contribution is -2.13. The van der Waals surface area contributed by atoms with Crippen molar-refractivity contribution >= 4 is 22.5 Å². The van der Waals surface area contributed by atoms with Crippen molar-refractivity contribution < 1.29 is 13.9 Å². The number of fused-ring (bicyclic) bond motifs is 1. The predicted octanol–water partition coefficient (Wildman–Crippen LogP) is 3.96. The second kappa shape index (κ2) is 5.89. The number of carbonyl (C=O) groups is 1. The molecule has 0 aliphatic rings. The van der Waals surface area contributed by atoms with Gasteiger partial charge in [-0.05, 0) is 37.3 Å². The van der Waals surface area contributed by atoms with Crippen molar-refractivity contribution in [1.82, 2.24) is 4.98 Å². The summed E-state index contributed by atoms with van der Waals surface area (Å²) >= 11 is 0. The van der Waals surface area contributed by atoms with Gasteiger partial charge in [-0.15, -0.1) is 0 Å². The second-order valence-electron chi connectivity index (χ2n) is 4.77. The first-order chi connectivity index (χ1) is 10.7. The fourth-order valence-corrected chi connectivity index (χ4v) is 2.28. The molecule has 3 aromatic rings. The van der Waals surface area contributed by atoms with Gasteiger partial charge in [0.05, 0.1) is 12.3 Å². The minimum Gasteiger partial charge on any atom is -0.492 e. The van der Waals surface area contributed by atoms with Crippen LogP contribution in [-0.4, -0.2) is 17.5 Å². The van der Waals surface area contributed by atoms with Gasteiger partial charge >= 0.3 is 0 Å². The lowest BCUT2D eigenvalue weighted by atomic mass is 10.2. The molecule has 0 saturated heterocycles. The highest BCUT2D eigenvalue weighted by molar-refractivity contribution is 6.06. The van der Waals surface area contributed by atoms with Gasteiger partial charge < -0.3 is 15.0 Å². The highest BCUT2D eigenvalue weighted by atomic mass is 19.1. The normalized spacial score (nSPS) is 10.6. The summed E-state index contributed by atoms with van der Waals surface area (Å²) in [6.07, 6.45) is 0. The molecule has 0 radical (unpaired) electrons. The average Bonchev–Trinajstić information content (AvgIpc) is 2.95. The fraction of sp³-hybridized carbons (Fsp3) is 0.118. The van der Waals surface area contributed by atoms with Crippen molar-refractivity contribution in [2.24, 2.45) is 0 Å². The van der Waals surface area contributed by atoms with Crippen molar-refractivity contribution in [3.63, 3.8) is 0 Å². The molecular weight excluding hydrogens is 283 g/mol. The van der Waals surface area contributed by atoms with E-state index in [-0.39, 0.29) is 11.7 Å². The molecule has 112 valence electrons. The number of aromatic nitrogens is 1. The molecule has 2 N–H and O–H groups in total. The third kappa shape index (κ3) is 2.65. The topological polar surface area (TPSA) is 54.1 Å². The molecule has 0 fully saturated rings. The molecule has 0 atom stereocenters. The SMILES string of the molecule is CCOc1ccccc1NC(=O)c1cc2c(F)cccc2[nH]1. The maximum absolute atomic E-state index is 13.7. The number of benzene rings is 2. The van der Waals surface area contributed by atoms with Crippen LogP contribution < -0.4 is 10.1 Å². The van der Waals surface area contributed by atoms with Crippen LogP contribution in [0.4, 0.5) is 10.1 Å². The summed E-state index contributed by atoms with van der Waals surface area (Å²) in [5.74, 6) is -0.106. The van der Waals surface area contributed by atoms with Crippen molar-refractivity contribution in [2.45, 2.75) is 6.92 Å². The lowest BCUT2D eigenvalue weighted by molar-refractivity contribution is 0.102. The zero-order valence-electron chi connectivity index (χ0n) is 12.0. The molecule has 0 spiro atoms. The van der Waals surface area contributed by atoms with E-state index in [4.69, 9.17) is 4.74 Å². The zero-order chi connectivity index (χ0) is 15.5. The van der Waals surface area contributed by atoms with E-state index in [1.54, 1.807) is 24.3 Å². The molecule has 0 aliphatic heterocycles. The van der Waals surface area contributed by atoms with E-state index in [1.165, 1.54) is 12.1 Å². The Labute approximate surface area is 126 Å². The summed E-state index contributed by atoms with van der Waals surface area (Å²) in [6, 6.07) is 13.4. The monoisotopic (exact) mass is 298 g/mol. The third-order valence-electron chi connectivity index (χ3n) is 3.29. The summed E-state index contributed by atoms with van der Waals surface area (Å²) in [5.41, 5.74) is 1.46. The largest absolute Gasteiger partial charge is 0.492 e. The van der Waals surface area contributed by atoms with E-state index in [1.807, 2.05) is 19.1 Å². The Balaban J connectivity index is 1.89. The van der Waals surface area contributed by atoms with E-state index in [2.05, 4.69) is 10.3 Å². The van der Waals surface area contributed by atoms with Gasteiger partial charge in [0.15, 0.2) is 0 Å². The van der Waals surface area contributed by atoms with E-state index in [0.29, 0.717) is 34.6 Å². The van der Waals surface area contributed by atoms with Gasteiger partial charge in [0.25, 0.3) is 5.91 Å². The molecule has 0 saturated carbocycles. The summed E-state index contributed by atoms with van der Waals surface area (Å²) in [6.45, 7) is 2.38. The van der Waals surface area contributed by atoms with Crippen LogP contribution in [0.25, 0.3) is 10.9 Å². The van der Waals surface area contributed by atoms with E-state index in [0.717, 1.165) is 0 Å². The van der Waals surface area contributed by atoms with Gasteiger partial charge in [-0.3, -0.25) is 4.79 Å². The number of anilines is 1. The average molecular weight is 298 g/mol. The second-order valence-corrected chi connectivity index (χ2v) is 4.77. The number of carbonyl (C=O) groups excluding carboxylic acids is 1. The number of hydrogen-bond acceptors (Lipinski definition) is 2. The number of halogens is 1. The molecule has 0 bridgehead atoms. The maximum Gasteiger partial charge on any atom is 0.272 e.